The summed E-state index contributed by atoms with van der Waals surface area (Å²) in [4.78, 5) is 1.99. The lowest BCUT2D eigenvalue weighted by Crippen LogP contribution is -2.40. The number of ether oxygens (including phenoxy) is 1. The molecule has 0 aliphatic carbocycles. The fourth-order valence-corrected chi connectivity index (χ4v) is 2.78. The van der Waals surface area contributed by atoms with Crippen molar-refractivity contribution in [2.75, 3.05) is 26.2 Å². The lowest BCUT2D eigenvalue weighted by molar-refractivity contribution is -0.0516. The van der Waals surface area contributed by atoms with E-state index in [1.807, 2.05) is 24.0 Å². The first-order chi connectivity index (χ1) is 11.0. The van der Waals surface area contributed by atoms with Crippen LogP contribution in [0.25, 0.3) is 0 Å². The Bertz CT molecular complexity index is 674. The lowest BCUT2D eigenvalue weighted by atomic mass is 10.1. The van der Waals surface area contributed by atoms with Crippen molar-refractivity contribution in [3.8, 4) is 0 Å². The second kappa shape index (κ2) is 6.78. The number of aliphatic hydroxyl groups is 1. The monoisotopic (exact) mass is 323 g/mol. The van der Waals surface area contributed by atoms with Crippen LogP contribution in [0.2, 0.25) is 0 Å². The molecule has 2 aromatic rings. The van der Waals surface area contributed by atoms with Crippen LogP contribution in [0.1, 0.15) is 29.3 Å². The van der Waals surface area contributed by atoms with Crippen molar-refractivity contribution in [2.45, 2.75) is 19.1 Å². The second-order valence-electron chi connectivity index (χ2n) is 5.75. The highest BCUT2D eigenvalue weighted by molar-refractivity contribution is 5.21. The largest absolute Gasteiger partial charge is 0.464 e. The van der Waals surface area contributed by atoms with E-state index in [9.17, 15) is 13.9 Å². The minimum atomic E-state index is -1.02. The minimum absolute atomic E-state index is 0.100. The molecule has 0 amide bonds. The first-order valence-corrected chi connectivity index (χ1v) is 7.56. The second-order valence-corrected chi connectivity index (χ2v) is 5.75. The summed E-state index contributed by atoms with van der Waals surface area (Å²) in [5.41, 5.74) is 0.100. The van der Waals surface area contributed by atoms with Crippen molar-refractivity contribution in [3.05, 3.63) is 59.1 Å². The van der Waals surface area contributed by atoms with Crippen LogP contribution in [0.5, 0.6) is 0 Å². The van der Waals surface area contributed by atoms with Gasteiger partial charge in [-0.3, -0.25) is 4.90 Å². The maximum absolute atomic E-state index is 13.7. The van der Waals surface area contributed by atoms with Gasteiger partial charge in [0, 0.05) is 31.3 Å². The molecular formula is C17H19F2NO3. The molecule has 1 N–H and O–H groups in total. The minimum Gasteiger partial charge on any atom is -0.464 e. The molecule has 1 fully saturated rings. The molecule has 0 spiro atoms. The number of furan rings is 1. The summed E-state index contributed by atoms with van der Waals surface area (Å²) < 4.78 is 38.0. The highest BCUT2D eigenvalue weighted by Crippen LogP contribution is 2.26. The normalized spacial score (nSPS) is 20.6. The van der Waals surface area contributed by atoms with Crippen LogP contribution < -0.4 is 0 Å². The highest BCUT2D eigenvalue weighted by Gasteiger charge is 2.26. The Hall–Kier alpha value is -1.76. The quantitative estimate of drug-likeness (QED) is 0.940. The summed E-state index contributed by atoms with van der Waals surface area (Å²) in [6.45, 7) is 3.80. The van der Waals surface area contributed by atoms with Gasteiger partial charge < -0.3 is 14.3 Å². The molecule has 1 saturated heterocycles. The number of benzene rings is 1. The van der Waals surface area contributed by atoms with Crippen LogP contribution in [0.4, 0.5) is 8.78 Å². The summed E-state index contributed by atoms with van der Waals surface area (Å²) in [7, 11) is 0. The van der Waals surface area contributed by atoms with Gasteiger partial charge in [0.05, 0.1) is 12.7 Å². The topological polar surface area (TPSA) is 45.8 Å². The molecule has 0 bridgehead atoms. The van der Waals surface area contributed by atoms with Crippen LogP contribution in [-0.2, 0) is 4.74 Å². The van der Waals surface area contributed by atoms with Gasteiger partial charge in [-0.05, 0) is 25.1 Å². The van der Waals surface area contributed by atoms with E-state index >= 15 is 0 Å². The molecule has 1 aromatic carbocycles. The van der Waals surface area contributed by atoms with E-state index in [1.54, 1.807) is 0 Å². The van der Waals surface area contributed by atoms with Gasteiger partial charge >= 0.3 is 0 Å². The third-order valence-corrected chi connectivity index (χ3v) is 3.98. The van der Waals surface area contributed by atoms with Crippen molar-refractivity contribution >= 4 is 0 Å². The molecule has 4 nitrogen and oxygen atoms in total. The number of aryl methyl sites for hydroxylation is 1. The van der Waals surface area contributed by atoms with Crippen LogP contribution in [0, 0.1) is 18.6 Å². The maximum Gasteiger partial charge on any atom is 0.134 e. The first-order valence-electron chi connectivity index (χ1n) is 7.56. The van der Waals surface area contributed by atoms with E-state index in [1.165, 1.54) is 6.07 Å². The van der Waals surface area contributed by atoms with Crippen LogP contribution >= 0.6 is 0 Å². The fraction of sp³-hybridized carbons (Fsp3) is 0.412. The van der Waals surface area contributed by atoms with E-state index in [2.05, 4.69) is 0 Å². The van der Waals surface area contributed by atoms with Gasteiger partial charge in [0.15, 0.2) is 0 Å². The molecule has 124 valence electrons. The van der Waals surface area contributed by atoms with Gasteiger partial charge in [0.2, 0.25) is 0 Å². The SMILES string of the molecule is Cc1ccc(C2CN(CC(O)c3ccc(F)cc3F)CCO2)o1. The van der Waals surface area contributed by atoms with E-state index < -0.39 is 17.7 Å². The smallest absolute Gasteiger partial charge is 0.134 e. The first kappa shape index (κ1) is 16.1. The Morgan fingerprint density at radius 1 is 1.30 bits per heavy atom. The van der Waals surface area contributed by atoms with E-state index in [0.717, 1.165) is 23.7 Å². The van der Waals surface area contributed by atoms with E-state index in [-0.39, 0.29) is 18.2 Å². The van der Waals surface area contributed by atoms with Gasteiger partial charge in [-0.2, -0.15) is 0 Å². The Morgan fingerprint density at radius 3 is 2.83 bits per heavy atom. The number of rotatable bonds is 4. The third kappa shape index (κ3) is 3.77. The molecule has 1 aliphatic rings. The zero-order chi connectivity index (χ0) is 16.4. The Labute approximate surface area is 133 Å². The molecule has 0 saturated carbocycles. The molecule has 1 aliphatic heterocycles. The molecule has 6 heteroatoms. The number of halogens is 2. The molecule has 23 heavy (non-hydrogen) atoms. The fourth-order valence-electron chi connectivity index (χ4n) is 2.78. The summed E-state index contributed by atoms with van der Waals surface area (Å²) in [5, 5.41) is 10.2. The number of morpholine rings is 1. The number of hydrogen-bond acceptors (Lipinski definition) is 4. The number of aliphatic hydroxyl groups excluding tert-OH is 1. The predicted molar refractivity (Wildman–Crippen MR) is 79.9 cm³/mol. The Kier molecular flexibility index (Phi) is 4.75. The zero-order valence-corrected chi connectivity index (χ0v) is 12.8. The summed E-state index contributed by atoms with van der Waals surface area (Å²) in [6, 6.07) is 6.96. The molecule has 0 radical (unpaired) electrons. The van der Waals surface area contributed by atoms with Crippen molar-refractivity contribution in [3.63, 3.8) is 0 Å². The lowest BCUT2D eigenvalue weighted by Gasteiger charge is -2.33. The highest BCUT2D eigenvalue weighted by atomic mass is 19.1. The van der Waals surface area contributed by atoms with Gasteiger partial charge in [-0.15, -0.1) is 0 Å². The molecule has 2 atom stereocenters. The summed E-state index contributed by atoms with van der Waals surface area (Å²) >= 11 is 0. The van der Waals surface area contributed by atoms with Crippen molar-refractivity contribution in [1.82, 2.24) is 4.90 Å². The van der Waals surface area contributed by atoms with Crippen molar-refractivity contribution in [2.24, 2.45) is 0 Å². The molecular weight excluding hydrogens is 304 g/mol. The van der Waals surface area contributed by atoms with Crippen molar-refractivity contribution in [1.29, 1.82) is 0 Å². The maximum atomic E-state index is 13.7. The van der Waals surface area contributed by atoms with Crippen molar-refractivity contribution < 1.29 is 23.0 Å². The van der Waals surface area contributed by atoms with Gasteiger partial charge in [-0.25, -0.2) is 8.78 Å². The number of hydrogen-bond donors (Lipinski definition) is 1. The van der Waals surface area contributed by atoms with Gasteiger partial charge in [0.25, 0.3) is 0 Å². The summed E-state index contributed by atoms with van der Waals surface area (Å²) in [6.07, 6.45) is -1.23. The van der Waals surface area contributed by atoms with Crippen LogP contribution in [-0.4, -0.2) is 36.2 Å². The number of nitrogens with zero attached hydrogens (tertiary/aromatic N) is 1. The molecule has 1 aromatic heterocycles. The summed E-state index contributed by atoms with van der Waals surface area (Å²) in [5.74, 6) is 0.172. The molecule has 2 heterocycles. The average Bonchev–Trinajstić information content (AvgIpc) is 2.94. The average molecular weight is 323 g/mol. The Morgan fingerprint density at radius 2 is 2.13 bits per heavy atom. The molecule has 2 unspecified atom stereocenters. The van der Waals surface area contributed by atoms with Gasteiger partial charge in [0.1, 0.15) is 29.3 Å². The van der Waals surface area contributed by atoms with Crippen LogP contribution in [0.3, 0.4) is 0 Å². The number of β-amino-alcohol motifs (C(OH)–C–C–N with tert-alkyl or cyclic N) is 1. The van der Waals surface area contributed by atoms with E-state index in [0.29, 0.717) is 19.7 Å². The van der Waals surface area contributed by atoms with E-state index in [4.69, 9.17) is 9.15 Å². The Balaban J connectivity index is 1.65. The predicted octanol–water partition coefficient (Wildman–Crippen LogP) is 2.97. The standard InChI is InChI=1S/C17H19F2NO3/c1-11-2-5-16(23-11)17-10-20(6-7-22-17)9-15(21)13-4-3-12(18)8-14(13)19/h2-5,8,15,17,21H,6-7,9-10H2,1H3. The molecule has 3 rings (SSSR count). The van der Waals surface area contributed by atoms with Gasteiger partial charge in [-0.1, -0.05) is 6.07 Å². The van der Waals surface area contributed by atoms with Crippen LogP contribution in [0.15, 0.2) is 34.7 Å². The zero-order valence-electron chi connectivity index (χ0n) is 12.8. The third-order valence-electron chi connectivity index (χ3n) is 3.98.